The van der Waals surface area contributed by atoms with Crippen molar-refractivity contribution in [3.8, 4) is 0 Å². The Hall–Kier alpha value is -1.12. The topological polar surface area (TPSA) is 79.4 Å². The van der Waals surface area contributed by atoms with Gasteiger partial charge in [0.1, 0.15) is 4.90 Å². The van der Waals surface area contributed by atoms with Gasteiger partial charge in [0.2, 0.25) is 15.9 Å². The quantitative estimate of drug-likeness (QED) is 0.709. The van der Waals surface area contributed by atoms with Gasteiger partial charge in [-0.15, -0.1) is 0 Å². The minimum Gasteiger partial charge on any atom is -0.353 e. The van der Waals surface area contributed by atoms with E-state index in [2.05, 4.69) is 17.2 Å². The monoisotopic (exact) mass is 371 g/mol. The van der Waals surface area contributed by atoms with E-state index in [9.17, 15) is 13.2 Å². The molecule has 0 saturated carbocycles. The lowest BCUT2D eigenvalue weighted by Gasteiger charge is -2.15. The van der Waals surface area contributed by atoms with Gasteiger partial charge in [-0.3, -0.25) is 4.79 Å². The number of hydrogen-bond acceptors (Lipinski definition) is 5. The minimum absolute atomic E-state index is 0.0310. The largest absolute Gasteiger partial charge is 0.353 e. The Balaban J connectivity index is 1.89. The van der Waals surface area contributed by atoms with Crippen molar-refractivity contribution in [2.45, 2.75) is 55.5 Å². The van der Waals surface area contributed by atoms with Gasteiger partial charge in [0.25, 0.3) is 0 Å². The summed E-state index contributed by atoms with van der Waals surface area (Å²) in [7, 11) is -3.43. The van der Waals surface area contributed by atoms with Gasteiger partial charge in [0, 0.05) is 25.3 Å². The third-order valence-electron chi connectivity index (χ3n) is 3.89. The van der Waals surface area contributed by atoms with Crippen LogP contribution in [0.15, 0.2) is 28.3 Å². The molecule has 1 aromatic rings. The zero-order valence-corrected chi connectivity index (χ0v) is 15.8. The molecular formula is C16H25N3O3S2. The van der Waals surface area contributed by atoms with Crippen LogP contribution in [0.5, 0.6) is 0 Å². The Labute approximate surface area is 148 Å². The first-order valence-electron chi connectivity index (χ1n) is 8.32. The Bertz CT molecular complexity index is 641. The lowest BCUT2D eigenvalue weighted by molar-refractivity contribution is -0.119. The predicted molar refractivity (Wildman–Crippen MR) is 95.5 cm³/mol. The van der Waals surface area contributed by atoms with Crippen LogP contribution in [0.25, 0.3) is 0 Å². The van der Waals surface area contributed by atoms with Crippen molar-refractivity contribution in [1.29, 1.82) is 0 Å². The van der Waals surface area contributed by atoms with Crippen molar-refractivity contribution in [1.82, 2.24) is 14.6 Å². The van der Waals surface area contributed by atoms with Gasteiger partial charge < -0.3 is 5.32 Å². The van der Waals surface area contributed by atoms with E-state index in [0.717, 1.165) is 25.7 Å². The SMILES string of the molecule is CCC[C@H](C)NC(=O)CSc1ccc(S(=O)(=O)N2CCCC2)cn1. The summed E-state index contributed by atoms with van der Waals surface area (Å²) in [5.74, 6) is 0.246. The minimum atomic E-state index is -3.43. The van der Waals surface area contributed by atoms with Gasteiger partial charge in [0.15, 0.2) is 0 Å². The summed E-state index contributed by atoms with van der Waals surface area (Å²) in [6, 6.07) is 3.40. The van der Waals surface area contributed by atoms with Gasteiger partial charge in [-0.2, -0.15) is 4.31 Å². The van der Waals surface area contributed by atoms with Crippen molar-refractivity contribution < 1.29 is 13.2 Å². The number of pyridine rings is 1. The smallest absolute Gasteiger partial charge is 0.244 e. The molecule has 24 heavy (non-hydrogen) atoms. The number of hydrogen-bond donors (Lipinski definition) is 1. The standard InChI is InChI=1S/C16H25N3O3S2/c1-3-6-13(2)18-15(20)12-23-16-8-7-14(11-17-16)24(21,22)19-9-4-5-10-19/h7-8,11,13H,3-6,9-10,12H2,1-2H3,(H,18,20)/t13-/m0/s1. The van der Waals surface area contributed by atoms with E-state index in [1.165, 1.54) is 22.3 Å². The highest BCUT2D eigenvalue weighted by Gasteiger charge is 2.27. The van der Waals surface area contributed by atoms with Crippen LogP contribution in [-0.2, 0) is 14.8 Å². The maximum absolute atomic E-state index is 12.4. The molecule has 0 spiro atoms. The average Bonchev–Trinajstić information content (AvgIpc) is 3.09. The number of amides is 1. The zero-order chi connectivity index (χ0) is 17.6. The third kappa shape index (κ3) is 5.19. The molecule has 0 bridgehead atoms. The molecule has 1 saturated heterocycles. The lowest BCUT2D eigenvalue weighted by Crippen LogP contribution is -2.33. The highest BCUT2D eigenvalue weighted by molar-refractivity contribution is 7.99. The molecule has 0 radical (unpaired) electrons. The predicted octanol–water partition coefficient (Wildman–Crippen LogP) is 2.26. The first kappa shape index (κ1) is 19.2. The van der Waals surface area contributed by atoms with E-state index in [1.807, 2.05) is 6.92 Å². The Kier molecular flexibility index (Phi) is 7.06. The molecule has 8 heteroatoms. The van der Waals surface area contributed by atoms with Gasteiger partial charge in [0.05, 0.1) is 10.8 Å². The van der Waals surface area contributed by atoms with Crippen LogP contribution in [0.1, 0.15) is 39.5 Å². The maximum atomic E-state index is 12.4. The Morgan fingerprint density at radius 2 is 2.08 bits per heavy atom. The lowest BCUT2D eigenvalue weighted by atomic mass is 10.2. The highest BCUT2D eigenvalue weighted by Crippen LogP contribution is 2.22. The van der Waals surface area contributed by atoms with Gasteiger partial charge in [-0.05, 0) is 38.3 Å². The molecule has 1 fully saturated rings. The number of nitrogens with one attached hydrogen (secondary N) is 1. The molecule has 2 heterocycles. The second-order valence-electron chi connectivity index (χ2n) is 5.99. The van der Waals surface area contributed by atoms with Crippen molar-refractivity contribution in [3.05, 3.63) is 18.3 Å². The van der Waals surface area contributed by atoms with Crippen molar-refractivity contribution >= 4 is 27.7 Å². The summed E-state index contributed by atoms with van der Waals surface area (Å²) < 4.78 is 26.3. The van der Waals surface area contributed by atoms with E-state index >= 15 is 0 Å². The Morgan fingerprint density at radius 3 is 2.67 bits per heavy atom. The van der Waals surface area contributed by atoms with Crippen LogP contribution in [0.2, 0.25) is 0 Å². The van der Waals surface area contributed by atoms with Gasteiger partial charge >= 0.3 is 0 Å². The van der Waals surface area contributed by atoms with Crippen LogP contribution in [0, 0.1) is 0 Å². The molecule has 2 rings (SSSR count). The number of carbonyl (C=O) groups excluding carboxylic acids is 1. The van der Waals surface area contributed by atoms with Crippen molar-refractivity contribution in [3.63, 3.8) is 0 Å². The molecule has 0 aromatic carbocycles. The summed E-state index contributed by atoms with van der Waals surface area (Å²) in [6.45, 7) is 5.23. The molecule has 0 unspecified atom stereocenters. The fourth-order valence-corrected chi connectivity index (χ4v) is 4.76. The maximum Gasteiger partial charge on any atom is 0.244 e. The number of nitrogens with zero attached hydrogens (tertiary/aromatic N) is 2. The normalized spacial score (nSPS) is 16.9. The van der Waals surface area contributed by atoms with E-state index in [-0.39, 0.29) is 22.6 Å². The number of thioether (sulfide) groups is 1. The first-order valence-corrected chi connectivity index (χ1v) is 10.7. The zero-order valence-electron chi connectivity index (χ0n) is 14.2. The molecule has 134 valence electrons. The van der Waals surface area contributed by atoms with Crippen LogP contribution in [0.4, 0.5) is 0 Å². The summed E-state index contributed by atoms with van der Waals surface area (Å²) in [5, 5.41) is 3.58. The van der Waals surface area contributed by atoms with Crippen molar-refractivity contribution in [2.75, 3.05) is 18.8 Å². The van der Waals surface area contributed by atoms with Crippen LogP contribution in [0.3, 0.4) is 0 Å². The van der Waals surface area contributed by atoms with Crippen molar-refractivity contribution in [2.24, 2.45) is 0 Å². The number of aromatic nitrogens is 1. The number of sulfonamides is 1. The molecule has 1 aromatic heterocycles. The fraction of sp³-hybridized carbons (Fsp3) is 0.625. The van der Waals surface area contributed by atoms with Crippen LogP contribution >= 0.6 is 11.8 Å². The number of carbonyl (C=O) groups is 1. The highest BCUT2D eigenvalue weighted by atomic mass is 32.2. The van der Waals surface area contributed by atoms with E-state index in [4.69, 9.17) is 0 Å². The molecule has 1 aliphatic rings. The number of rotatable bonds is 8. The third-order valence-corrected chi connectivity index (χ3v) is 6.72. The molecule has 1 amide bonds. The first-order chi connectivity index (χ1) is 11.4. The molecular weight excluding hydrogens is 346 g/mol. The Morgan fingerprint density at radius 1 is 1.38 bits per heavy atom. The van der Waals surface area contributed by atoms with E-state index < -0.39 is 10.0 Å². The molecule has 1 aliphatic heterocycles. The van der Waals surface area contributed by atoms with E-state index in [0.29, 0.717) is 18.1 Å². The second-order valence-corrected chi connectivity index (χ2v) is 8.92. The van der Waals surface area contributed by atoms with Gasteiger partial charge in [-0.25, -0.2) is 13.4 Å². The average molecular weight is 372 g/mol. The van der Waals surface area contributed by atoms with Crippen LogP contribution < -0.4 is 5.32 Å². The summed E-state index contributed by atoms with van der Waals surface area (Å²) >= 11 is 1.31. The van der Waals surface area contributed by atoms with Gasteiger partial charge in [-0.1, -0.05) is 25.1 Å². The molecule has 0 aliphatic carbocycles. The summed E-state index contributed by atoms with van der Waals surface area (Å²) in [4.78, 5) is 16.2. The second kappa shape index (κ2) is 8.82. The van der Waals surface area contributed by atoms with E-state index in [1.54, 1.807) is 12.1 Å². The molecule has 1 atom stereocenters. The van der Waals surface area contributed by atoms with Crippen LogP contribution in [-0.4, -0.2) is 48.5 Å². The summed E-state index contributed by atoms with van der Waals surface area (Å²) in [6.07, 6.45) is 5.19. The molecule has 6 nitrogen and oxygen atoms in total. The molecule has 1 N–H and O–H groups in total. The fourth-order valence-electron chi connectivity index (χ4n) is 2.64. The summed E-state index contributed by atoms with van der Waals surface area (Å²) in [5.41, 5.74) is 0.